The molecule has 0 fully saturated rings. The highest BCUT2D eigenvalue weighted by Crippen LogP contribution is 2.18. The lowest BCUT2D eigenvalue weighted by Gasteiger charge is -2.20. The van der Waals surface area contributed by atoms with Crippen molar-refractivity contribution in [3.05, 3.63) is 54.1 Å². The first-order valence-corrected chi connectivity index (χ1v) is 10.8. The summed E-state index contributed by atoms with van der Waals surface area (Å²) < 4.78 is 33.1. The van der Waals surface area contributed by atoms with E-state index in [4.69, 9.17) is 4.74 Å². The largest absolute Gasteiger partial charge is 0.497 e. The van der Waals surface area contributed by atoms with Crippen molar-refractivity contribution in [2.24, 2.45) is 5.92 Å². The molecule has 0 aliphatic rings. The van der Waals surface area contributed by atoms with E-state index in [9.17, 15) is 13.2 Å². The Bertz CT molecular complexity index is 893. The number of carbonyl (C=O) groups is 1. The van der Waals surface area contributed by atoms with Gasteiger partial charge in [0.1, 0.15) is 11.8 Å². The zero-order valence-electron chi connectivity index (χ0n) is 16.7. The molecule has 0 aliphatic carbocycles. The number of nitrogens with one attached hydrogen (secondary N) is 2. The normalized spacial score (nSPS) is 12.6. The van der Waals surface area contributed by atoms with Crippen LogP contribution in [0.2, 0.25) is 0 Å². The second-order valence-corrected chi connectivity index (χ2v) is 8.74. The summed E-state index contributed by atoms with van der Waals surface area (Å²) >= 11 is 0. The molecule has 0 heterocycles. The zero-order chi connectivity index (χ0) is 20.7. The van der Waals surface area contributed by atoms with E-state index >= 15 is 0 Å². The minimum absolute atomic E-state index is 0.0860. The Labute approximate surface area is 167 Å². The maximum atomic E-state index is 12.8. The second-order valence-electron chi connectivity index (χ2n) is 7.02. The molecule has 6 nitrogen and oxygen atoms in total. The number of ether oxygens (including phenoxy) is 1. The number of anilines is 1. The summed E-state index contributed by atoms with van der Waals surface area (Å²) in [5, 5.41) is 2.83. The standard InChI is InChI=1S/C21H28N2O4S/c1-5-16-7-6-8-17(14-16)22-21(24)20(13-15(2)3)23-28(25,26)19-11-9-18(27-4)10-12-19/h6-12,14-15,20,23H,5,13H2,1-4H3,(H,22,24)/t20-/m1/s1. The third-order valence-electron chi connectivity index (χ3n) is 4.29. The summed E-state index contributed by atoms with van der Waals surface area (Å²) in [5.74, 6) is 0.321. The van der Waals surface area contributed by atoms with Gasteiger partial charge in [-0.1, -0.05) is 32.9 Å². The summed E-state index contributed by atoms with van der Waals surface area (Å²) in [5.41, 5.74) is 1.75. The zero-order valence-corrected chi connectivity index (χ0v) is 17.5. The van der Waals surface area contributed by atoms with Crippen molar-refractivity contribution in [3.63, 3.8) is 0 Å². The van der Waals surface area contributed by atoms with Gasteiger partial charge in [-0.05, 0) is 60.7 Å². The molecule has 1 atom stereocenters. The Morgan fingerprint density at radius 3 is 2.36 bits per heavy atom. The van der Waals surface area contributed by atoms with Gasteiger partial charge in [0.15, 0.2) is 0 Å². The van der Waals surface area contributed by atoms with Crippen LogP contribution in [-0.4, -0.2) is 27.5 Å². The lowest BCUT2D eigenvalue weighted by Crippen LogP contribution is -2.44. The van der Waals surface area contributed by atoms with Gasteiger partial charge >= 0.3 is 0 Å². The molecule has 0 aliphatic heterocycles. The van der Waals surface area contributed by atoms with Crippen LogP contribution >= 0.6 is 0 Å². The van der Waals surface area contributed by atoms with Crippen molar-refractivity contribution in [2.45, 2.75) is 44.6 Å². The average Bonchev–Trinajstić information content (AvgIpc) is 2.67. The lowest BCUT2D eigenvalue weighted by atomic mass is 10.0. The van der Waals surface area contributed by atoms with Crippen LogP contribution in [0.4, 0.5) is 5.69 Å². The van der Waals surface area contributed by atoms with Crippen molar-refractivity contribution in [1.29, 1.82) is 0 Å². The average molecular weight is 405 g/mol. The highest BCUT2D eigenvalue weighted by Gasteiger charge is 2.26. The minimum atomic E-state index is -3.85. The summed E-state index contributed by atoms with van der Waals surface area (Å²) in [6, 6.07) is 12.7. The van der Waals surface area contributed by atoms with Crippen LogP contribution in [0.3, 0.4) is 0 Å². The first kappa shape index (κ1) is 21.9. The smallest absolute Gasteiger partial charge is 0.242 e. The van der Waals surface area contributed by atoms with Gasteiger partial charge in [0.2, 0.25) is 15.9 Å². The Hall–Kier alpha value is -2.38. The molecule has 2 aromatic carbocycles. The molecule has 0 saturated carbocycles. The Balaban J connectivity index is 2.20. The SMILES string of the molecule is CCc1cccc(NC(=O)[C@@H](CC(C)C)NS(=O)(=O)c2ccc(OC)cc2)c1. The fourth-order valence-electron chi connectivity index (χ4n) is 2.79. The van der Waals surface area contributed by atoms with Crippen LogP contribution in [0.25, 0.3) is 0 Å². The number of methoxy groups -OCH3 is 1. The third kappa shape index (κ3) is 6.07. The van der Waals surface area contributed by atoms with Gasteiger partial charge in [-0.15, -0.1) is 0 Å². The first-order chi connectivity index (χ1) is 13.2. The van der Waals surface area contributed by atoms with Crippen LogP contribution in [-0.2, 0) is 21.2 Å². The van der Waals surface area contributed by atoms with E-state index < -0.39 is 16.1 Å². The minimum Gasteiger partial charge on any atom is -0.497 e. The molecule has 0 bridgehead atoms. The van der Waals surface area contributed by atoms with Crippen molar-refractivity contribution in [3.8, 4) is 5.75 Å². The first-order valence-electron chi connectivity index (χ1n) is 9.31. The summed E-state index contributed by atoms with van der Waals surface area (Å²) in [6.07, 6.45) is 1.23. The van der Waals surface area contributed by atoms with E-state index in [-0.39, 0.29) is 16.7 Å². The number of rotatable bonds is 9. The van der Waals surface area contributed by atoms with Crippen LogP contribution in [0.5, 0.6) is 5.75 Å². The summed E-state index contributed by atoms with van der Waals surface area (Å²) in [4.78, 5) is 12.9. The Morgan fingerprint density at radius 2 is 1.79 bits per heavy atom. The second kappa shape index (κ2) is 9.71. The molecule has 1 amide bonds. The number of benzene rings is 2. The van der Waals surface area contributed by atoms with Crippen LogP contribution in [0, 0.1) is 5.92 Å². The summed E-state index contributed by atoms with van der Waals surface area (Å²) in [6.45, 7) is 5.92. The molecule has 0 aromatic heterocycles. The van der Waals surface area contributed by atoms with Crippen molar-refractivity contribution < 1.29 is 17.9 Å². The van der Waals surface area contributed by atoms with Gasteiger partial charge in [0, 0.05) is 5.69 Å². The monoisotopic (exact) mass is 404 g/mol. The molecule has 0 radical (unpaired) electrons. The van der Waals surface area contributed by atoms with Gasteiger partial charge in [-0.25, -0.2) is 8.42 Å². The summed E-state index contributed by atoms with van der Waals surface area (Å²) in [7, 11) is -2.33. The van der Waals surface area contributed by atoms with Crippen molar-refractivity contribution in [1.82, 2.24) is 4.72 Å². The number of amides is 1. The predicted octanol–water partition coefficient (Wildman–Crippen LogP) is 3.59. The van der Waals surface area contributed by atoms with Crippen molar-refractivity contribution in [2.75, 3.05) is 12.4 Å². The maximum absolute atomic E-state index is 12.8. The Kier molecular flexibility index (Phi) is 7.60. The van der Waals surface area contributed by atoms with Gasteiger partial charge in [-0.3, -0.25) is 4.79 Å². The van der Waals surface area contributed by atoms with E-state index in [0.29, 0.717) is 17.9 Å². The van der Waals surface area contributed by atoms with Crippen molar-refractivity contribution >= 4 is 21.6 Å². The van der Waals surface area contributed by atoms with Crippen LogP contribution in [0.1, 0.15) is 32.8 Å². The molecule has 2 aromatic rings. The molecule has 0 unspecified atom stereocenters. The van der Waals surface area contributed by atoms with E-state index in [0.717, 1.165) is 12.0 Å². The Morgan fingerprint density at radius 1 is 1.11 bits per heavy atom. The lowest BCUT2D eigenvalue weighted by molar-refractivity contribution is -0.118. The number of hydrogen-bond acceptors (Lipinski definition) is 4. The van der Waals surface area contributed by atoms with E-state index in [1.54, 1.807) is 18.2 Å². The highest BCUT2D eigenvalue weighted by atomic mass is 32.2. The maximum Gasteiger partial charge on any atom is 0.242 e. The molecule has 2 N–H and O–H groups in total. The predicted molar refractivity (Wildman–Crippen MR) is 111 cm³/mol. The number of carbonyl (C=O) groups excluding carboxylic acids is 1. The number of aryl methyl sites for hydroxylation is 1. The fourth-order valence-corrected chi connectivity index (χ4v) is 4.00. The third-order valence-corrected chi connectivity index (χ3v) is 5.78. The van der Waals surface area contributed by atoms with Crippen LogP contribution < -0.4 is 14.8 Å². The van der Waals surface area contributed by atoms with E-state index in [1.807, 2.05) is 39.0 Å². The van der Waals surface area contributed by atoms with Gasteiger partial charge < -0.3 is 10.1 Å². The molecule has 7 heteroatoms. The van der Waals surface area contributed by atoms with Gasteiger partial charge in [-0.2, -0.15) is 4.72 Å². The fraction of sp³-hybridized carbons (Fsp3) is 0.381. The molecule has 0 spiro atoms. The van der Waals surface area contributed by atoms with E-state index in [2.05, 4.69) is 10.0 Å². The highest BCUT2D eigenvalue weighted by molar-refractivity contribution is 7.89. The molecular formula is C21H28N2O4S. The van der Waals surface area contributed by atoms with E-state index in [1.165, 1.54) is 19.2 Å². The molecule has 0 saturated heterocycles. The molecule has 28 heavy (non-hydrogen) atoms. The number of hydrogen-bond donors (Lipinski definition) is 2. The quantitative estimate of drug-likeness (QED) is 0.669. The van der Waals surface area contributed by atoms with Crippen LogP contribution in [0.15, 0.2) is 53.4 Å². The molecule has 2 rings (SSSR count). The molecule has 152 valence electrons. The molecular weight excluding hydrogens is 376 g/mol. The number of sulfonamides is 1. The van der Waals surface area contributed by atoms with Gasteiger partial charge in [0.25, 0.3) is 0 Å². The van der Waals surface area contributed by atoms with Gasteiger partial charge in [0.05, 0.1) is 12.0 Å². The topological polar surface area (TPSA) is 84.5 Å².